The summed E-state index contributed by atoms with van der Waals surface area (Å²) in [4.78, 5) is 28.1. The largest absolute Gasteiger partial charge is 0.484 e. The summed E-state index contributed by atoms with van der Waals surface area (Å²) in [7, 11) is 0. The van der Waals surface area contributed by atoms with Crippen molar-refractivity contribution in [2.24, 2.45) is 0 Å². The molecular weight excluding hydrogens is 656 g/mol. The molecule has 1 saturated heterocycles. The number of urea groups is 1. The molecule has 1 aliphatic carbocycles. The quantitative estimate of drug-likeness (QED) is 0.119. The van der Waals surface area contributed by atoms with Gasteiger partial charge in [-0.1, -0.05) is 62.7 Å². The van der Waals surface area contributed by atoms with Crippen molar-refractivity contribution in [2.75, 3.05) is 11.9 Å². The van der Waals surface area contributed by atoms with Crippen LogP contribution in [-0.4, -0.2) is 55.4 Å². The zero-order valence-electron chi connectivity index (χ0n) is 31.1. The molecule has 4 aromatic rings. The molecule has 1 aliphatic heterocycles. The average molecular weight is 707 g/mol. The van der Waals surface area contributed by atoms with E-state index in [0.29, 0.717) is 37.4 Å². The molecule has 0 saturated carbocycles. The minimum atomic E-state index is -0.649. The van der Waals surface area contributed by atoms with Gasteiger partial charge >= 0.3 is 12.1 Å². The van der Waals surface area contributed by atoms with Gasteiger partial charge < -0.3 is 14.8 Å². The molecule has 274 valence electrons. The van der Waals surface area contributed by atoms with Crippen LogP contribution in [0.2, 0.25) is 0 Å². The van der Waals surface area contributed by atoms with Crippen molar-refractivity contribution in [3.8, 4) is 11.4 Å². The van der Waals surface area contributed by atoms with Crippen LogP contribution in [-0.2, 0) is 10.2 Å². The third-order valence-electron chi connectivity index (χ3n) is 9.39. The van der Waals surface area contributed by atoms with Crippen LogP contribution in [0.4, 0.5) is 15.4 Å². The molecule has 6 rings (SSSR count). The Morgan fingerprint density at radius 1 is 0.923 bits per heavy atom. The fraction of sp³-hybridized carbons (Fsp3) is 0.425. The van der Waals surface area contributed by atoms with Gasteiger partial charge in [-0.05, 0) is 88.8 Å². The number of pyridine rings is 1. The molecular formula is C40H50N8O4. The normalized spacial score (nSPS) is 18.8. The highest BCUT2D eigenvalue weighted by atomic mass is 16.6. The lowest BCUT2D eigenvalue weighted by Gasteiger charge is -2.32. The van der Waals surface area contributed by atoms with Crippen LogP contribution in [0.1, 0.15) is 102 Å². The minimum Gasteiger partial charge on any atom is -0.484 e. The predicted molar refractivity (Wildman–Crippen MR) is 200 cm³/mol. The molecule has 1 fully saturated rings. The van der Waals surface area contributed by atoms with Crippen LogP contribution in [0.5, 0.6) is 5.75 Å². The van der Waals surface area contributed by atoms with Crippen molar-refractivity contribution < 1.29 is 19.1 Å². The van der Waals surface area contributed by atoms with Crippen molar-refractivity contribution in [3.05, 3.63) is 101 Å². The maximum absolute atomic E-state index is 13.6. The summed E-state index contributed by atoms with van der Waals surface area (Å²) in [5.41, 5.74) is 4.05. The maximum atomic E-state index is 13.6. The minimum absolute atomic E-state index is 0.117. The van der Waals surface area contributed by atoms with Gasteiger partial charge in [-0.2, -0.15) is 5.10 Å². The van der Waals surface area contributed by atoms with Gasteiger partial charge in [0.25, 0.3) is 0 Å². The van der Waals surface area contributed by atoms with E-state index in [1.165, 1.54) is 4.57 Å². The van der Waals surface area contributed by atoms with E-state index in [4.69, 9.17) is 25.4 Å². The Bertz CT molecular complexity index is 2020. The Balaban J connectivity index is 1.17. The molecule has 12 heteroatoms. The van der Waals surface area contributed by atoms with E-state index in [-0.39, 0.29) is 34.9 Å². The number of carbonyl (C=O) groups excluding carboxylic acids is 2. The van der Waals surface area contributed by atoms with E-state index in [0.717, 1.165) is 34.5 Å². The molecule has 2 aromatic heterocycles. The van der Waals surface area contributed by atoms with Gasteiger partial charge in [0.15, 0.2) is 0 Å². The number of anilines is 1. The number of benzene rings is 2. The summed E-state index contributed by atoms with van der Waals surface area (Å²) in [6.45, 7) is 14.3. The van der Waals surface area contributed by atoms with Crippen LogP contribution in [0.15, 0.2) is 72.9 Å². The van der Waals surface area contributed by atoms with Crippen molar-refractivity contribution >= 4 is 23.8 Å². The summed E-state index contributed by atoms with van der Waals surface area (Å²) in [5, 5.41) is 28.7. The van der Waals surface area contributed by atoms with Crippen molar-refractivity contribution in [2.45, 2.75) is 103 Å². The Hall–Kier alpha value is -5.39. The van der Waals surface area contributed by atoms with Crippen LogP contribution in [0.3, 0.4) is 0 Å². The summed E-state index contributed by atoms with van der Waals surface area (Å²) in [6.07, 6.45) is 3.52. The number of aryl methyl sites for hydroxylation is 1. The second-order valence-corrected chi connectivity index (χ2v) is 15.7. The van der Waals surface area contributed by atoms with Crippen LogP contribution < -0.4 is 20.9 Å². The SMILES string of the molecule is Cc1ccc(-n2nc(C(C)(C)C)cc2NC(=O)N[C@H]2CC[C@@H](Oc3ccc(=N)n(C(=N)[C@@H]4CCCN4C(=O)OC(C)(C)C)c3)c3ccccc32)cc1. The van der Waals surface area contributed by atoms with Gasteiger partial charge in [0.05, 0.1) is 29.7 Å². The molecule has 52 heavy (non-hydrogen) atoms. The summed E-state index contributed by atoms with van der Waals surface area (Å²) < 4.78 is 15.4. The Labute approximate surface area is 305 Å². The Kier molecular flexibility index (Phi) is 10.0. The number of carbonyl (C=O) groups is 2. The summed E-state index contributed by atoms with van der Waals surface area (Å²) in [6, 6.07) is 20.1. The molecule has 0 spiro atoms. The first-order chi connectivity index (χ1) is 24.6. The average Bonchev–Trinajstić information content (AvgIpc) is 3.74. The van der Waals surface area contributed by atoms with Gasteiger partial charge in [0.2, 0.25) is 0 Å². The Morgan fingerprint density at radius 3 is 2.33 bits per heavy atom. The molecule has 2 aromatic carbocycles. The summed E-state index contributed by atoms with van der Waals surface area (Å²) >= 11 is 0. The zero-order chi connectivity index (χ0) is 37.4. The van der Waals surface area contributed by atoms with Gasteiger partial charge in [-0.15, -0.1) is 0 Å². The van der Waals surface area contributed by atoms with Gasteiger partial charge in [-0.3, -0.25) is 25.6 Å². The molecule has 12 nitrogen and oxygen atoms in total. The number of aromatic nitrogens is 3. The standard InChI is InChI=1S/C40H50N8O4/c1-25-14-16-26(17-15-25)48-35(23-33(45-48)39(2,3)4)44-37(49)43-30-19-20-32(29-12-9-8-11-28(29)30)51-27-18-21-34(41)47(24-27)36(42)31-13-10-22-46(31)38(50)52-40(5,6)7/h8-9,11-12,14-18,21,23-24,30-32,41-42H,10,13,19-20,22H2,1-7H3,(H2,43,44,49)/t30-,31-,32+/m0/s1. The number of hydrogen-bond acceptors (Lipinski definition) is 7. The van der Waals surface area contributed by atoms with Crippen LogP contribution >= 0.6 is 0 Å². The number of ether oxygens (including phenoxy) is 2. The highest BCUT2D eigenvalue weighted by Crippen LogP contribution is 2.39. The molecule has 3 atom stereocenters. The zero-order valence-corrected chi connectivity index (χ0v) is 31.1. The molecule has 0 unspecified atom stereocenters. The van der Waals surface area contributed by atoms with Gasteiger partial charge in [0.1, 0.15) is 34.6 Å². The van der Waals surface area contributed by atoms with E-state index in [2.05, 4.69) is 31.4 Å². The van der Waals surface area contributed by atoms with Gasteiger partial charge in [-0.25, -0.2) is 14.3 Å². The second kappa shape index (κ2) is 14.3. The third-order valence-corrected chi connectivity index (χ3v) is 9.39. The lowest BCUT2D eigenvalue weighted by molar-refractivity contribution is 0.0263. The number of hydrogen-bond donors (Lipinski definition) is 4. The number of fused-ring (bicyclic) bond motifs is 1. The van der Waals surface area contributed by atoms with E-state index in [9.17, 15) is 9.59 Å². The van der Waals surface area contributed by atoms with E-state index < -0.39 is 17.7 Å². The van der Waals surface area contributed by atoms with E-state index >= 15 is 0 Å². The molecule has 0 bridgehead atoms. The first-order valence-electron chi connectivity index (χ1n) is 17.9. The first-order valence-corrected chi connectivity index (χ1v) is 17.9. The molecule has 2 aliphatic rings. The fourth-order valence-electron chi connectivity index (χ4n) is 6.72. The highest BCUT2D eigenvalue weighted by Gasteiger charge is 2.36. The topological polar surface area (TPSA) is 150 Å². The first kappa shape index (κ1) is 36.4. The number of nitrogens with zero attached hydrogens (tertiary/aromatic N) is 4. The monoisotopic (exact) mass is 706 g/mol. The predicted octanol–water partition coefficient (Wildman–Crippen LogP) is 7.76. The smallest absolute Gasteiger partial charge is 0.410 e. The van der Waals surface area contributed by atoms with E-state index in [1.807, 2.05) is 82.3 Å². The number of rotatable bonds is 6. The molecule has 3 heterocycles. The van der Waals surface area contributed by atoms with E-state index in [1.54, 1.807) is 27.9 Å². The lowest BCUT2D eigenvalue weighted by Crippen LogP contribution is -2.46. The number of amides is 3. The molecule has 0 radical (unpaired) electrons. The summed E-state index contributed by atoms with van der Waals surface area (Å²) in [5.74, 6) is 1.21. The maximum Gasteiger partial charge on any atom is 0.410 e. The highest BCUT2D eigenvalue weighted by molar-refractivity contribution is 5.90. The lowest BCUT2D eigenvalue weighted by atomic mass is 9.85. The second-order valence-electron chi connectivity index (χ2n) is 15.7. The van der Waals surface area contributed by atoms with Crippen LogP contribution in [0.25, 0.3) is 5.69 Å². The Morgan fingerprint density at radius 2 is 1.63 bits per heavy atom. The van der Waals surface area contributed by atoms with Crippen molar-refractivity contribution in [1.29, 1.82) is 10.8 Å². The number of likely N-dealkylation sites (tertiary alicyclic amines) is 1. The molecule has 3 amide bonds. The third kappa shape index (κ3) is 8.06. The van der Waals surface area contributed by atoms with Crippen molar-refractivity contribution in [1.82, 2.24) is 24.6 Å². The fourth-order valence-corrected chi connectivity index (χ4v) is 6.72. The molecule has 4 N–H and O–H groups in total. The number of nitrogens with one attached hydrogen (secondary N) is 4. The van der Waals surface area contributed by atoms with Crippen LogP contribution in [0, 0.1) is 17.7 Å². The van der Waals surface area contributed by atoms with Gasteiger partial charge in [0, 0.05) is 18.0 Å². The van der Waals surface area contributed by atoms with Crippen molar-refractivity contribution in [3.63, 3.8) is 0 Å².